The highest BCUT2D eigenvalue weighted by Gasteiger charge is 2.40. The van der Waals surface area contributed by atoms with Gasteiger partial charge in [-0.2, -0.15) is 0 Å². The van der Waals surface area contributed by atoms with E-state index in [1.54, 1.807) is 0 Å². The second-order valence-electron chi connectivity index (χ2n) is 19.8. The van der Waals surface area contributed by atoms with Gasteiger partial charge in [-0.05, 0) is 228 Å². The largest absolute Gasteiger partial charge is 0.310 e. The molecule has 0 saturated heterocycles. The SMILES string of the molecule is Cc1cc(C)cc(N(c2cc(C)cc(C)c2)c2ccc3c(c2)C(C)(C)c2ccc4c5c(ccc-3c25)-c2ccc(N(c3cc(C)cc(C)c3)c3cc(C)cc(C)c3)cc2C4(C)C)c1. The van der Waals surface area contributed by atoms with Crippen molar-refractivity contribution < 1.29 is 0 Å². The third-order valence-electron chi connectivity index (χ3n) is 13.8. The molecule has 0 saturated carbocycles. The molecule has 0 bridgehead atoms. The molecule has 2 aliphatic rings. The van der Waals surface area contributed by atoms with Gasteiger partial charge < -0.3 is 9.80 Å². The van der Waals surface area contributed by atoms with Gasteiger partial charge in [0, 0.05) is 45.0 Å². The molecule has 0 aliphatic heterocycles. The molecule has 0 spiro atoms. The zero-order valence-electron chi connectivity index (χ0n) is 38.6. The third kappa shape index (κ3) is 6.29. The van der Waals surface area contributed by atoms with Crippen LogP contribution in [0.15, 0.2) is 133 Å². The van der Waals surface area contributed by atoms with Gasteiger partial charge in [0.15, 0.2) is 0 Å². The molecule has 10 rings (SSSR count). The van der Waals surface area contributed by atoms with Crippen molar-refractivity contribution in [1.29, 1.82) is 0 Å². The number of aryl methyl sites for hydroxylation is 8. The Labute approximate surface area is 369 Å². The van der Waals surface area contributed by atoms with E-state index >= 15 is 0 Å². The van der Waals surface area contributed by atoms with E-state index in [-0.39, 0.29) is 10.8 Å². The topological polar surface area (TPSA) is 6.48 Å². The molecule has 2 heteroatoms. The predicted octanol–water partition coefficient (Wildman–Crippen LogP) is 16.9. The molecule has 0 N–H and O–H groups in total. The summed E-state index contributed by atoms with van der Waals surface area (Å²) < 4.78 is 0. The van der Waals surface area contributed by atoms with Gasteiger partial charge >= 0.3 is 0 Å². The molecule has 8 aromatic rings. The van der Waals surface area contributed by atoms with E-state index in [9.17, 15) is 0 Å². The lowest BCUT2D eigenvalue weighted by atomic mass is 9.63. The van der Waals surface area contributed by atoms with Crippen molar-refractivity contribution in [1.82, 2.24) is 0 Å². The van der Waals surface area contributed by atoms with E-state index in [0.29, 0.717) is 0 Å². The Balaban J connectivity index is 1.15. The number of rotatable bonds is 6. The second kappa shape index (κ2) is 14.1. The summed E-state index contributed by atoms with van der Waals surface area (Å²) in [4.78, 5) is 4.92. The highest BCUT2D eigenvalue weighted by atomic mass is 15.1. The van der Waals surface area contributed by atoms with Gasteiger partial charge in [-0.3, -0.25) is 0 Å². The Bertz CT molecular complexity index is 2780. The lowest BCUT2D eigenvalue weighted by Crippen LogP contribution is -2.28. The maximum atomic E-state index is 2.48. The van der Waals surface area contributed by atoms with Gasteiger partial charge in [-0.1, -0.05) is 88.4 Å². The third-order valence-corrected chi connectivity index (χ3v) is 13.8. The maximum absolute atomic E-state index is 2.48. The van der Waals surface area contributed by atoms with E-state index in [1.807, 2.05) is 0 Å². The fourth-order valence-electron chi connectivity index (χ4n) is 11.3. The molecule has 2 aliphatic carbocycles. The van der Waals surface area contributed by atoms with Crippen LogP contribution in [0.3, 0.4) is 0 Å². The van der Waals surface area contributed by atoms with Crippen molar-refractivity contribution in [2.45, 2.75) is 93.9 Å². The minimum atomic E-state index is -0.237. The summed E-state index contributed by atoms with van der Waals surface area (Å²) in [5.74, 6) is 0. The molecule has 0 heterocycles. The van der Waals surface area contributed by atoms with Gasteiger partial charge in [-0.25, -0.2) is 0 Å². The Morgan fingerprint density at radius 2 is 0.516 bits per heavy atom. The fourth-order valence-corrected chi connectivity index (χ4v) is 11.3. The summed E-state index contributed by atoms with van der Waals surface area (Å²) in [6.45, 7) is 27.3. The van der Waals surface area contributed by atoms with Crippen LogP contribution in [0.4, 0.5) is 34.1 Å². The molecule has 2 nitrogen and oxygen atoms in total. The van der Waals surface area contributed by atoms with Gasteiger partial charge in [0.25, 0.3) is 0 Å². The van der Waals surface area contributed by atoms with E-state index in [4.69, 9.17) is 0 Å². The van der Waals surface area contributed by atoms with Crippen LogP contribution in [0, 0.1) is 55.4 Å². The summed E-state index contributed by atoms with van der Waals surface area (Å²) in [7, 11) is 0. The minimum Gasteiger partial charge on any atom is -0.310 e. The first-order valence-electron chi connectivity index (χ1n) is 22.3. The molecule has 0 aromatic heterocycles. The van der Waals surface area contributed by atoms with E-state index in [2.05, 4.69) is 226 Å². The van der Waals surface area contributed by atoms with Crippen LogP contribution in [0.5, 0.6) is 0 Å². The molecule has 8 aromatic carbocycles. The number of nitrogens with zero attached hydrogens (tertiary/aromatic N) is 2. The lowest BCUT2D eigenvalue weighted by molar-refractivity contribution is 0.633. The predicted molar refractivity (Wildman–Crippen MR) is 266 cm³/mol. The summed E-state index contributed by atoms with van der Waals surface area (Å²) in [5, 5.41) is 2.81. The molecular formula is C60H58N2. The van der Waals surface area contributed by atoms with Crippen molar-refractivity contribution in [2.24, 2.45) is 0 Å². The summed E-state index contributed by atoms with van der Waals surface area (Å²) >= 11 is 0. The highest BCUT2D eigenvalue weighted by molar-refractivity contribution is 6.13. The zero-order valence-corrected chi connectivity index (χ0v) is 38.6. The summed E-state index contributed by atoms with van der Waals surface area (Å²) in [6.07, 6.45) is 0. The van der Waals surface area contributed by atoms with Crippen LogP contribution in [0.25, 0.3) is 33.0 Å². The van der Waals surface area contributed by atoms with E-state index in [0.717, 1.165) is 0 Å². The summed E-state index contributed by atoms with van der Waals surface area (Å²) in [6, 6.07) is 51.8. The van der Waals surface area contributed by atoms with E-state index < -0.39 is 0 Å². The molecule has 0 radical (unpaired) electrons. The average Bonchev–Trinajstić information content (AvgIpc) is 3.18. The van der Waals surface area contributed by atoms with Crippen LogP contribution < -0.4 is 9.80 Å². The Morgan fingerprint density at radius 1 is 0.258 bits per heavy atom. The first kappa shape index (κ1) is 39.7. The molecule has 0 atom stereocenters. The fraction of sp³-hybridized carbons (Fsp3) is 0.233. The zero-order chi connectivity index (χ0) is 43.6. The van der Waals surface area contributed by atoms with Gasteiger partial charge in [0.1, 0.15) is 0 Å². The number of benzene rings is 8. The Morgan fingerprint density at radius 3 is 0.790 bits per heavy atom. The van der Waals surface area contributed by atoms with Crippen molar-refractivity contribution in [2.75, 3.05) is 9.80 Å². The normalized spacial score (nSPS) is 14.1. The molecule has 308 valence electrons. The van der Waals surface area contributed by atoms with E-state index in [1.165, 1.54) is 134 Å². The molecular weight excluding hydrogens is 749 g/mol. The van der Waals surface area contributed by atoms with Crippen LogP contribution in [0.2, 0.25) is 0 Å². The maximum Gasteiger partial charge on any atom is 0.0466 e. The lowest BCUT2D eigenvalue weighted by Gasteiger charge is -2.41. The van der Waals surface area contributed by atoms with Crippen LogP contribution in [0.1, 0.15) is 94.5 Å². The second-order valence-corrected chi connectivity index (χ2v) is 19.8. The Kier molecular flexibility index (Phi) is 9.02. The number of hydrogen-bond donors (Lipinski definition) is 0. The molecule has 0 unspecified atom stereocenters. The molecule has 62 heavy (non-hydrogen) atoms. The smallest absolute Gasteiger partial charge is 0.0466 e. The van der Waals surface area contributed by atoms with Gasteiger partial charge in [0.05, 0.1) is 0 Å². The van der Waals surface area contributed by atoms with Crippen molar-refractivity contribution >= 4 is 44.9 Å². The van der Waals surface area contributed by atoms with Crippen LogP contribution in [-0.4, -0.2) is 0 Å². The first-order chi connectivity index (χ1) is 29.5. The highest BCUT2D eigenvalue weighted by Crippen LogP contribution is 2.57. The number of hydrogen-bond acceptors (Lipinski definition) is 2. The minimum absolute atomic E-state index is 0.237. The van der Waals surface area contributed by atoms with Crippen LogP contribution in [-0.2, 0) is 10.8 Å². The van der Waals surface area contributed by atoms with Crippen LogP contribution >= 0.6 is 0 Å². The van der Waals surface area contributed by atoms with Gasteiger partial charge in [-0.15, -0.1) is 0 Å². The Hall–Kier alpha value is -6.38. The monoisotopic (exact) mass is 806 g/mol. The number of fused-ring (bicyclic) bond motifs is 4. The summed E-state index contributed by atoms with van der Waals surface area (Å²) in [5.41, 5.74) is 27.6. The number of anilines is 6. The van der Waals surface area contributed by atoms with Crippen molar-refractivity contribution in [3.63, 3.8) is 0 Å². The standard InChI is InChI=1S/C60H58N2/c1-35-21-36(2)26-45(25-35)61(46-27-37(3)22-38(4)28-46)43-13-15-49-51-17-18-52-50-16-14-44(62(47-29-39(5)23-40(6)30-47)48-31-41(7)24-42(8)32-48)34-56(50)60(11,12)54-20-19-53(57(51)58(52)54)59(9,10)55(49)33-43/h13-34H,1-12H3. The van der Waals surface area contributed by atoms with Crippen molar-refractivity contribution in [3.8, 4) is 22.3 Å². The van der Waals surface area contributed by atoms with Crippen molar-refractivity contribution in [3.05, 3.63) is 200 Å². The average molecular weight is 807 g/mol. The van der Waals surface area contributed by atoms with Gasteiger partial charge in [0.2, 0.25) is 0 Å². The molecule has 0 amide bonds. The quantitative estimate of drug-likeness (QED) is 0.165. The molecule has 0 fully saturated rings. The first-order valence-corrected chi connectivity index (χ1v) is 22.3.